The molecule has 0 aromatic heterocycles. The Kier molecular flexibility index (Phi) is 5.69. The van der Waals surface area contributed by atoms with Crippen LogP contribution in [-0.4, -0.2) is 27.1 Å². The molecule has 1 amide bonds. The number of hydrogen-bond acceptors (Lipinski definition) is 3. The Labute approximate surface area is 163 Å². The number of halogens is 2. The molecule has 0 spiro atoms. The lowest BCUT2D eigenvalue weighted by molar-refractivity contribution is -0.120. The number of carbonyl (C=O) groups excluding carboxylic acids is 1. The van der Waals surface area contributed by atoms with Crippen LogP contribution in [0.15, 0.2) is 36.4 Å². The van der Waals surface area contributed by atoms with Gasteiger partial charge in [0.2, 0.25) is 15.9 Å². The molecule has 5 nitrogen and oxygen atoms in total. The molecule has 0 aliphatic heterocycles. The van der Waals surface area contributed by atoms with Crippen molar-refractivity contribution in [2.24, 2.45) is 0 Å². The molecule has 0 heterocycles. The second-order valence-corrected chi connectivity index (χ2v) is 8.95. The van der Waals surface area contributed by atoms with Crippen LogP contribution < -0.4 is 9.62 Å². The molecule has 1 atom stereocenters. The van der Waals surface area contributed by atoms with Crippen LogP contribution in [0.5, 0.6) is 0 Å². The van der Waals surface area contributed by atoms with Crippen molar-refractivity contribution in [2.75, 3.05) is 17.1 Å². The Hall–Kier alpha value is -2.48. The van der Waals surface area contributed by atoms with Gasteiger partial charge >= 0.3 is 0 Å². The third-order valence-corrected chi connectivity index (χ3v) is 6.02. The van der Waals surface area contributed by atoms with E-state index in [-0.39, 0.29) is 11.7 Å². The average molecular weight is 408 g/mol. The maximum Gasteiger partial charge on any atom is 0.241 e. The number of hydrogen-bond donors (Lipinski definition) is 1. The number of nitrogens with one attached hydrogen (secondary N) is 1. The molecule has 1 aliphatic rings. The smallest absolute Gasteiger partial charge is 0.241 e. The van der Waals surface area contributed by atoms with Crippen molar-refractivity contribution in [3.8, 4) is 0 Å². The summed E-state index contributed by atoms with van der Waals surface area (Å²) >= 11 is 0. The molecular weight excluding hydrogens is 386 g/mol. The standard InChI is InChI=1S/C20H22F2N2O3S/c1-13(15-7-6-14-4-3-5-16(14)10-15)23-20(25)12-24(28(2,26)27)17-8-9-18(21)19(22)11-17/h6-11,13H,3-5,12H2,1-2H3,(H,23,25). The molecule has 8 heteroatoms. The van der Waals surface area contributed by atoms with E-state index in [4.69, 9.17) is 0 Å². The zero-order chi connectivity index (χ0) is 20.5. The molecule has 28 heavy (non-hydrogen) atoms. The van der Waals surface area contributed by atoms with Crippen LogP contribution in [-0.2, 0) is 27.7 Å². The summed E-state index contributed by atoms with van der Waals surface area (Å²) in [4.78, 5) is 12.5. The van der Waals surface area contributed by atoms with Crippen LogP contribution in [0, 0.1) is 11.6 Å². The zero-order valence-corrected chi connectivity index (χ0v) is 16.5. The second-order valence-electron chi connectivity index (χ2n) is 7.04. The molecule has 0 radical (unpaired) electrons. The number of rotatable bonds is 6. The summed E-state index contributed by atoms with van der Waals surface area (Å²) in [5.74, 6) is -2.81. The number of anilines is 1. The first-order valence-electron chi connectivity index (χ1n) is 8.99. The summed E-state index contributed by atoms with van der Waals surface area (Å²) in [6.07, 6.45) is 4.11. The third-order valence-electron chi connectivity index (χ3n) is 4.88. The lowest BCUT2D eigenvalue weighted by Crippen LogP contribution is -2.41. The van der Waals surface area contributed by atoms with Gasteiger partial charge < -0.3 is 5.32 Å². The van der Waals surface area contributed by atoms with Crippen molar-refractivity contribution in [3.63, 3.8) is 0 Å². The predicted octanol–water partition coefficient (Wildman–Crippen LogP) is 3.10. The second kappa shape index (κ2) is 7.87. The van der Waals surface area contributed by atoms with Crippen molar-refractivity contribution < 1.29 is 22.0 Å². The van der Waals surface area contributed by atoms with Crippen molar-refractivity contribution >= 4 is 21.6 Å². The summed E-state index contributed by atoms with van der Waals surface area (Å²) in [5.41, 5.74) is 3.43. The SMILES string of the molecule is CC(NC(=O)CN(c1ccc(F)c(F)c1)S(C)(=O)=O)c1ccc2c(c1)CCC2. The summed E-state index contributed by atoms with van der Waals surface area (Å²) in [6, 6.07) is 8.47. The molecule has 2 aromatic rings. The Morgan fingerprint density at radius 2 is 1.82 bits per heavy atom. The molecule has 1 aliphatic carbocycles. The normalized spacial score (nSPS) is 14.4. The Morgan fingerprint density at radius 1 is 1.11 bits per heavy atom. The molecule has 0 bridgehead atoms. The van der Waals surface area contributed by atoms with E-state index in [0.717, 1.165) is 53.6 Å². The first-order chi connectivity index (χ1) is 13.1. The van der Waals surface area contributed by atoms with E-state index in [1.165, 1.54) is 11.1 Å². The van der Waals surface area contributed by atoms with Gasteiger partial charge in [0.1, 0.15) is 6.54 Å². The van der Waals surface area contributed by atoms with Gasteiger partial charge in [-0.2, -0.15) is 0 Å². The minimum Gasteiger partial charge on any atom is -0.348 e. The quantitative estimate of drug-likeness (QED) is 0.799. The lowest BCUT2D eigenvalue weighted by Gasteiger charge is -2.23. The monoisotopic (exact) mass is 408 g/mol. The number of aryl methyl sites for hydroxylation is 2. The summed E-state index contributed by atoms with van der Waals surface area (Å²) in [7, 11) is -3.87. The van der Waals surface area contributed by atoms with Crippen molar-refractivity contribution in [3.05, 3.63) is 64.7 Å². The van der Waals surface area contributed by atoms with Gasteiger partial charge in [0.05, 0.1) is 18.0 Å². The summed E-state index contributed by atoms with van der Waals surface area (Å²) in [6.45, 7) is 1.29. The van der Waals surface area contributed by atoms with Gasteiger partial charge in [0.25, 0.3) is 0 Å². The average Bonchev–Trinajstić information content (AvgIpc) is 3.09. The molecule has 1 unspecified atom stereocenters. The highest BCUT2D eigenvalue weighted by Gasteiger charge is 2.23. The van der Waals surface area contributed by atoms with Gasteiger partial charge in [0.15, 0.2) is 11.6 Å². The maximum atomic E-state index is 13.5. The van der Waals surface area contributed by atoms with E-state index < -0.39 is 34.1 Å². The van der Waals surface area contributed by atoms with Crippen LogP contribution in [0.2, 0.25) is 0 Å². The van der Waals surface area contributed by atoms with E-state index in [2.05, 4.69) is 17.4 Å². The predicted molar refractivity (Wildman–Crippen MR) is 104 cm³/mol. The van der Waals surface area contributed by atoms with E-state index in [1.807, 2.05) is 13.0 Å². The molecule has 0 saturated carbocycles. The van der Waals surface area contributed by atoms with Crippen molar-refractivity contribution in [1.82, 2.24) is 5.32 Å². The summed E-state index contributed by atoms with van der Waals surface area (Å²) < 4.78 is 51.6. The molecule has 1 N–H and O–H groups in total. The van der Waals surface area contributed by atoms with Gasteiger partial charge in [-0.05, 0) is 55.0 Å². The first-order valence-corrected chi connectivity index (χ1v) is 10.8. The van der Waals surface area contributed by atoms with Crippen LogP contribution in [0.4, 0.5) is 14.5 Å². The van der Waals surface area contributed by atoms with Crippen LogP contribution in [0.3, 0.4) is 0 Å². The number of amides is 1. The molecular formula is C20H22F2N2O3S. The van der Waals surface area contributed by atoms with Gasteiger partial charge in [-0.3, -0.25) is 9.10 Å². The number of sulfonamides is 1. The molecule has 0 saturated heterocycles. The topological polar surface area (TPSA) is 66.5 Å². The van der Waals surface area contributed by atoms with E-state index in [0.29, 0.717) is 0 Å². The molecule has 2 aromatic carbocycles. The molecule has 0 fully saturated rings. The number of carbonyl (C=O) groups is 1. The van der Waals surface area contributed by atoms with E-state index >= 15 is 0 Å². The number of benzene rings is 2. The fraction of sp³-hybridized carbons (Fsp3) is 0.350. The van der Waals surface area contributed by atoms with Crippen LogP contribution in [0.25, 0.3) is 0 Å². The van der Waals surface area contributed by atoms with Gasteiger partial charge in [-0.15, -0.1) is 0 Å². The Morgan fingerprint density at radius 3 is 2.50 bits per heavy atom. The van der Waals surface area contributed by atoms with Crippen molar-refractivity contribution in [1.29, 1.82) is 0 Å². The summed E-state index contributed by atoms with van der Waals surface area (Å²) in [5, 5.41) is 2.77. The minimum absolute atomic E-state index is 0.110. The molecule has 150 valence electrons. The van der Waals surface area contributed by atoms with Crippen molar-refractivity contribution in [2.45, 2.75) is 32.2 Å². The molecule has 3 rings (SSSR count). The first kappa shape index (κ1) is 20.3. The lowest BCUT2D eigenvalue weighted by atomic mass is 10.0. The van der Waals surface area contributed by atoms with E-state index in [1.54, 1.807) is 0 Å². The highest BCUT2D eigenvalue weighted by molar-refractivity contribution is 7.92. The fourth-order valence-corrected chi connectivity index (χ4v) is 4.25. The van der Waals surface area contributed by atoms with E-state index in [9.17, 15) is 22.0 Å². The largest absolute Gasteiger partial charge is 0.348 e. The van der Waals surface area contributed by atoms with Crippen LogP contribution in [0.1, 0.15) is 36.1 Å². The highest BCUT2D eigenvalue weighted by atomic mass is 32.2. The number of fused-ring (bicyclic) bond motifs is 1. The fourth-order valence-electron chi connectivity index (χ4n) is 3.40. The van der Waals surface area contributed by atoms with Gasteiger partial charge in [-0.1, -0.05) is 18.2 Å². The van der Waals surface area contributed by atoms with Crippen LogP contribution >= 0.6 is 0 Å². The highest BCUT2D eigenvalue weighted by Crippen LogP contribution is 2.25. The maximum absolute atomic E-state index is 13.5. The number of nitrogens with zero attached hydrogens (tertiary/aromatic N) is 1. The minimum atomic E-state index is -3.87. The zero-order valence-electron chi connectivity index (χ0n) is 15.7. The van der Waals surface area contributed by atoms with Gasteiger partial charge in [0, 0.05) is 6.07 Å². The Balaban J connectivity index is 1.74. The third kappa shape index (κ3) is 4.49. The Bertz CT molecular complexity index is 1010. The van der Waals surface area contributed by atoms with Gasteiger partial charge in [-0.25, -0.2) is 17.2 Å².